The van der Waals surface area contributed by atoms with E-state index in [9.17, 15) is 9.59 Å². The summed E-state index contributed by atoms with van der Waals surface area (Å²) < 4.78 is 6.65. The number of hydrogen-bond acceptors (Lipinski definition) is 5. The Kier molecular flexibility index (Phi) is 6.64. The van der Waals surface area contributed by atoms with Gasteiger partial charge >= 0.3 is 0 Å². The molecule has 0 fully saturated rings. The Hall–Kier alpha value is -2.32. The lowest BCUT2D eigenvalue weighted by Gasteiger charge is -2.11. The van der Waals surface area contributed by atoms with Crippen LogP contribution >= 0.6 is 27.7 Å². The van der Waals surface area contributed by atoms with Crippen LogP contribution in [0.4, 0.5) is 11.4 Å². The van der Waals surface area contributed by atoms with E-state index in [1.54, 1.807) is 18.2 Å². The molecule has 29 heavy (non-hydrogen) atoms. The van der Waals surface area contributed by atoms with Crippen molar-refractivity contribution >= 4 is 62.0 Å². The van der Waals surface area contributed by atoms with Gasteiger partial charge in [0, 0.05) is 21.3 Å². The summed E-state index contributed by atoms with van der Waals surface area (Å²) in [6.07, 6.45) is 0. The minimum absolute atomic E-state index is 0.153. The van der Waals surface area contributed by atoms with Gasteiger partial charge in [-0.05, 0) is 36.4 Å². The lowest BCUT2D eigenvalue weighted by Crippen LogP contribution is -2.18. The maximum atomic E-state index is 12.2. The Balaban J connectivity index is 1.49. The number of aromatic nitrogens is 1. The molecule has 2 amide bonds. The van der Waals surface area contributed by atoms with E-state index in [4.69, 9.17) is 4.42 Å². The van der Waals surface area contributed by atoms with E-state index in [-0.39, 0.29) is 28.7 Å². The van der Waals surface area contributed by atoms with E-state index < -0.39 is 0 Å². The highest BCUT2D eigenvalue weighted by Gasteiger charge is 2.21. The molecule has 0 unspecified atom stereocenters. The molecule has 0 bridgehead atoms. The normalized spacial score (nSPS) is 11.4. The summed E-state index contributed by atoms with van der Waals surface area (Å²) in [6, 6.07) is 12.7. The van der Waals surface area contributed by atoms with E-state index in [0.29, 0.717) is 28.4 Å². The number of nitrogens with zero attached hydrogens (tertiary/aromatic N) is 1. The first-order valence-corrected chi connectivity index (χ1v) is 11.0. The standard InChI is InChI=1S/C21H22BrN3O3S/c1-21(2,3)20-25-16-10-15(7-8-17(16)28-20)24-19(27)12-29-11-18(26)23-14-6-4-5-13(22)9-14/h4-10H,11-12H2,1-3H3,(H,23,26)(H,24,27). The van der Waals surface area contributed by atoms with E-state index >= 15 is 0 Å². The van der Waals surface area contributed by atoms with Gasteiger partial charge in [-0.25, -0.2) is 4.98 Å². The molecule has 0 atom stereocenters. The zero-order valence-corrected chi connectivity index (χ0v) is 18.8. The number of thioether (sulfide) groups is 1. The Morgan fingerprint density at radius 3 is 2.31 bits per heavy atom. The zero-order valence-electron chi connectivity index (χ0n) is 16.4. The van der Waals surface area contributed by atoms with E-state index in [1.807, 2.05) is 45.0 Å². The molecule has 3 aromatic rings. The van der Waals surface area contributed by atoms with Crippen LogP contribution in [0.2, 0.25) is 0 Å². The number of benzene rings is 2. The van der Waals surface area contributed by atoms with Gasteiger partial charge in [-0.1, -0.05) is 42.8 Å². The van der Waals surface area contributed by atoms with Gasteiger partial charge in [0.2, 0.25) is 17.7 Å². The highest BCUT2D eigenvalue weighted by molar-refractivity contribution is 9.10. The van der Waals surface area contributed by atoms with Crippen molar-refractivity contribution < 1.29 is 14.0 Å². The van der Waals surface area contributed by atoms with Crippen molar-refractivity contribution in [3.8, 4) is 0 Å². The Bertz CT molecular complexity index is 1040. The second-order valence-corrected chi connectivity index (χ2v) is 9.45. The van der Waals surface area contributed by atoms with Crippen molar-refractivity contribution in [3.63, 3.8) is 0 Å². The lowest BCUT2D eigenvalue weighted by atomic mass is 9.97. The average Bonchev–Trinajstić information content (AvgIpc) is 3.05. The minimum atomic E-state index is -0.185. The Morgan fingerprint density at radius 2 is 1.69 bits per heavy atom. The van der Waals surface area contributed by atoms with Gasteiger partial charge in [0.15, 0.2) is 5.58 Å². The predicted molar refractivity (Wildman–Crippen MR) is 121 cm³/mol. The molecule has 0 saturated carbocycles. The number of fused-ring (bicyclic) bond motifs is 1. The van der Waals surface area contributed by atoms with Crippen LogP contribution in [0.5, 0.6) is 0 Å². The monoisotopic (exact) mass is 475 g/mol. The molecule has 2 aromatic carbocycles. The summed E-state index contributed by atoms with van der Waals surface area (Å²) in [5.74, 6) is 0.694. The predicted octanol–water partition coefficient (Wildman–Crippen LogP) is 5.20. The summed E-state index contributed by atoms with van der Waals surface area (Å²) in [5, 5.41) is 5.63. The third-order valence-corrected chi connectivity index (χ3v) is 5.31. The van der Waals surface area contributed by atoms with Crippen molar-refractivity contribution in [2.75, 3.05) is 22.1 Å². The quantitative estimate of drug-likeness (QED) is 0.511. The van der Waals surface area contributed by atoms with Gasteiger partial charge in [0.1, 0.15) is 5.52 Å². The SMILES string of the molecule is CC(C)(C)c1nc2cc(NC(=O)CSCC(=O)Nc3cccc(Br)c3)ccc2o1. The van der Waals surface area contributed by atoms with Crippen LogP contribution in [0, 0.1) is 0 Å². The first-order chi connectivity index (χ1) is 13.7. The number of anilines is 2. The summed E-state index contributed by atoms with van der Waals surface area (Å²) in [7, 11) is 0. The smallest absolute Gasteiger partial charge is 0.234 e. The maximum absolute atomic E-state index is 12.2. The van der Waals surface area contributed by atoms with Crippen molar-refractivity contribution in [2.45, 2.75) is 26.2 Å². The third kappa shape index (κ3) is 6.08. The second kappa shape index (κ2) is 9.00. The molecule has 152 valence electrons. The molecular formula is C21H22BrN3O3S. The summed E-state index contributed by atoms with van der Waals surface area (Å²) in [6.45, 7) is 6.10. The number of rotatable bonds is 6. The van der Waals surface area contributed by atoms with Crippen LogP contribution in [0.15, 0.2) is 51.4 Å². The third-order valence-electron chi connectivity index (χ3n) is 3.89. The van der Waals surface area contributed by atoms with Crippen LogP contribution in [0.25, 0.3) is 11.1 Å². The largest absolute Gasteiger partial charge is 0.440 e. The minimum Gasteiger partial charge on any atom is -0.440 e. The highest BCUT2D eigenvalue weighted by Crippen LogP contribution is 2.27. The molecule has 0 aliphatic heterocycles. The van der Waals surface area contributed by atoms with Gasteiger partial charge in [0.05, 0.1) is 11.5 Å². The number of halogens is 1. The fourth-order valence-corrected chi connectivity index (χ4v) is 3.54. The molecule has 0 saturated heterocycles. The lowest BCUT2D eigenvalue weighted by molar-refractivity contribution is -0.114. The molecule has 1 heterocycles. The van der Waals surface area contributed by atoms with Crippen LogP contribution in [-0.2, 0) is 15.0 Å². The number of amides is 2. The molecule has 8 heteroatoms. The van der Waals surface area contributed by atoms with Gasteiger partial charge in [-0.15, -0.1) is 11.8 Å². The molecule has 0 radical (unpaired) electrons. The first kappa shape index (κ1) is 21.4. The Labute approximate surface area is 182 Å². The van der Waals surface area contributed by atoms with Crippen molar-refractivity contribution in [2.24, 2.45) is 0 Å². The van der Waals surface area contributed by atoms with Crippen molar-refractivity contribution in [3.05, 3.63) is 52.8 Å². The molecule has 1 aromatic heterocycles. The van der Waals surface area contributed by atoms with Crippen molar-refractivity contribution in [1.29, 1.82) is 0 Å². The fourth-order valence-electron chi connectivity index (χ4n) is 2.52. The number of nitrogens with one attached hydrogen (secondary N) is 2. The van der Waals surface area contributed by atoms with Gasteiger partial charge in [0.25, 0.3) is 0 Å². The number of hydrogen-bond donors (Lipinski definition) is 2. The van der Waals surface area contributed by atoms with E-state index in [0.717, 1.165) is 4.47 Å². The Morgan fingerprint density at radius 1 is 1.03 bits per heavy atom. The topological polar surface area (TPSA) is 84.2 Å². The molecular weight excluding hydrogens is 454 g/mol. The van der Waals surface area contributed by atoms with Crippen molar-refractivity contribution in [1.82, 2.24) is 4.98 Å². The average molecular weight is 476 g/mol. The van der Waals surface area contributed by atoms with Crippen LogP contribution in [0.1, 0.15) is 26.7 Å². The number of carbonyl (C=O) groups excluding carboxylic acids is 2. The molecule has 6 nitrogen and oxygen atoms in total. The van der Waals surface area contributed by atoms with Gasteiger partial charge in [-0.3, -0.25) is 9.59 Å². The summed E-state index contributed by atoms with van der Waals surface area (Å²) in [5.41, 5.74) is 2.57. The van der Waals surface area contributed by atoms with Gasteiger partial charge in [-0.2, -0.15) is 0 Å². The molecule has 2 N–H and O–H groups in total. The number of carbonyl (C=O) groups is 2. The van der Waals surface area contributed by atoms with E-state index in [1.165, 1.54) is 11.8 Å². The zero-order chi connectivity index (χ0) is 21.0. The highest BCUT2D eigenvalue weighted by atomic mass is 79.9. The van der Waals surface area contributed by atoms with E-state index in [2.05, 4.69) is 31.5 Å². The molecule has 0 aliphatic rings. The molecule has 3 rings (SSSR count). The number of oxazole rings is 1. The summed E-state index contributed by atoms with van der Waals surface area (Å²) >= 11 is 4.61. The second-order valence-electron chi connectivity index (χ2n) is 7.55. The van der Waals surface area contributed by atoms with Crippen LogP contribution in [-0.4, -0.2) is 28.3 Å². The fraction of sp³-hybridized carbons (Fsp3) is 0.286. The van der Waals surface area contributed by atoms with Gasteiger partial charge < -0.3 is 15.1 Å². The molecule has 0 aliphatic carbocycles. The first-order valence-electron chi connectivity index (χ1n) is 9.05. The summed E-state index contributed by atoms with van der Waals surface area (Å²) in [4.78, 5) is 28.7. The molecule has 0 spiro atoms. The van der Waals surface area contributed by atoms with Crippen LogP contribution in [0.3, 0.4) is 0 Å². The van der Waals surface area contributed by atoms with Crippen LogP contribution < -0.4 is 10.6 Å². The maximum Gasteiger partial charge on any atom is 0.234 e.